The molecule has 1 N–H and O–H groups in total. The number of hydrogen-bond acceptors (Lipinski definition) is 1. The van der Waals surface area contributed by atoms with Crippen LogP contribution in [0, 0.1) is 29.6 Å². The maximum absolute atomic E-state index is 8.94. The molecule has 4 saturated carbocycles. The Balaban J connectivity index is 1.74. The van der Waals surface area contributed by atoms with Crippen LogP contribution in [-0.4, -0.2) is 11.7 Å². The fourth-order valence-electron chi connectivity index (χ4n) is 4.80. The van der Waals surface area contributed by atoms with Gasteiger partial charge in [0.1, 0.15) is 0 Å². The van der Waals surface area contributed by atoms with E-state index in [4.69, 9.17) is 5.11 Å². The van der Waals surface area contributed by atoms with Gasteiger partial charge in [0, 0.05) is 6.61 Å². The third-order valence-corrected chi connectivity index (χ3v) is 4.79. The molecule has 4 fully saturated rings. The zero-order chi connectivity index (χ0) is 9.60. The molecule has 1 radical (unpaired) electrons. The molecule has 4 aliphatic rings. The minimum absolute atomic E-state index is 0.349. The molecule has 0 heterocycles. The summed E-state index contributed by atoms with van der Waals surface area (Å²) >= 11 is 0. The maximum atomic E-state index is 8.94. The van der Waals surface area contributed by atoms with Crippen LogP contribution in [0.25, 0.3) is 0 Å². The lowest BCUT2D eigenvalue weighted by Gasteiger charge is -2.57. The predicted molar refractivity (Wildman–Crippen MR) is 56.6 cm³/mol. The predicted octanol–water partition coefficient (Wildman–Crippen LogP) is 2.79. The van der Waals surface area contributed by atoms with Crippen LogP contribution in [0.2, 0.25) is 0 Å². The van der Waals surface area contributed by atoms with E-state index in [1.807, 2.05) is 0 Å². The molecule has 14 heavy (non-hydrogen) atoms. The number of aliphatic hydroxyl groups is 1. The highest BCUT2D eigenvalue weighted by molar-refractivity contribution is 5.06. The Labute approximate surface area is 86.9 Å². The Hall–Kier alpha value is -0.0400. The van der Waals surface area contributed by atoms with E-state index >= 15 is 0 Å². The van der Waals surface area contributed by atoms with Crippen molar-refractivity contribution in [2.45, 2.75) is 44.9 Å². The van der Waals surface area contributed by atoms with Gasteiger partial charge in [0.25, 0.3) is 0 Å². The molecule has 0 amide bonds. The smallest absolute Gasteiger partial charge is 0.0433 e. The fourth-order valence-corrected chi connectivity index (χ4v) is 4.80. The minimum atomic E-state index is 0.349. The average Bonchev–Trinajstić information content (AvgIpc) is 2.12. The molecule has 0 spiro atoms. The van der Waals surface area contributed by atoms with Crippen LogP contribution in [0.5, 0.6) is 0 Å². The van der Waals surface area contributed by atoms with Crippen molar-refractivity contribution in [3.05, 3.63) is 6.42 Å². The van der Waals surface area contributed by atoms with Gasteiger partial charge < -0.3 is 5.11 Å². The summed E-state index contributed by atoms with van der Waals surface area (Å²) in [5.74, 6) is 3.11. The summed E-state index contributed by atoms with van der Waals surface area (Å²) in [5.41, 5.74) is 0.567. The normalized spacial score (nSPS) is 49.9. The number of hydrogen-bond donors (Lipinski definition) is 1. The van der Waals surface area contributed by atoms with E-state index in [0.29, 0.717) is 12.0 Å². The first-order valence-electron chi connectivity index (χ1n) is 6.25. The molecule has 0 atom stereocenters. The second kappa shape index (κ2) is 3.23. The molecule has 1 heteroatoms. The first-order valence-corrected chi connectivity index (χ1v) is 6.25. The zero-order valence-corrected chi connectivity index (χ0v) is 8.91. The summed E-state index contributed by atoms with van der Waals surface area (Å²) in [4.78, 5) is 0. The summed E-state index contributed by atoms with van der Waals surface area (Å²) in [6, 6.07) is 0. The first kappa shape index (κ1) is 9.21. The standard InChI is InChI=1S/C13H21O/c14-3-1-2-13-7-10-4-11(8-13)6-12(5-10)9-13/h2,10-12,14H,1,3-9H2. The monoisotopic (exact) mass is 193 g/mol. The van der Waals surface area contributed by atoms with Crippen molar-refractivity contribution in [2.24, 2.45) is 23.2 Å². The van der Waals surface area contributed by atoms with Crippen LogP contribution in [0.15, 0.2) is 0 Å². The Kier molecular flexibility index (Phi) is 2.12. The quantitative estimate of drug-likeness (QED) is 0.730. The highest BCUT2D eigenvalue weighted by atomic mass is 16.2. The molecule has 0 saturated heterocycles. The van der Waals surface area contributed by atoms with E-state index in [1.54, 1.807) is 0 Å². The SMILES string of the molecule is OCC[CH]C12CC3CC(CC(C3)C1)C2. The molecule has 79 valence electrons. The molecule has 4 rings (SSSR count). The number of rotatable bonds is 3. The van der Waals surface area contributed by atoms with Crippen LogP contribution in [0.3, 0.4) is 0 Å². The zero-order valence-electron chi connectivity index (χ0n) is 8.91. The van der Waals surface area contributed by atoms with Gasteiger partial charge in [-0.25, -0.2) is 0 Å². The second-order valence-corrected chi connectivity index (χ2v) is 6.00. The van der Waals surface area contributed by atoms with E-state index in [2.05, 4.69) is 6.42 Å². The Morgan fingerprint density at radius 3 is 1.93 bits per heavy atom. The summed E-state index contributed by atoms with van der Waals surface area (Å²) in [5, 5.41) is 8.94. The Bertz CT molecular complexity index is 186. The molecule has 0 aromatic heterocycles. The lowest BCUT2D eigenvalue weighted by Crippen LogP contribution is -2.46. The van der Waals surface area contributed by atoms with Crippen LogP contribution in [0.1, 0.15) is 44.9 Å². The van der Waals surface area contributed by atoms with Gasteiger partial charge in [0.2, 0.25) is 0 Å². The van der Waals surface area contributed by atoms with Gasteiger partial charge >= 0.3 is 0 Å². The number of aliphatic hydroxyl groups excluding tert-OH is 1. The van der Waals surface area contributed by atoms with Crippen molar-refractivity contribution < 1.29 is 5.11 Å². The average molecular weight is 193 g/mol. The van der Waals surface area contributed by atoms with Crippen molar-refractivity contribution in [3.8, 4) is 0 Å². The molecule has 4 aliphatic carbocycles. The van der Waals surface area contributed by atoms with Gasteiger partial charge in [0.15, 0.2) is 0 Å². The molecular weight excluding hydrogens is 172 g/mol. The van der Waals surface area contributed by atoms with Crippen LogP contribution >= 0.6 is 0 Å². The summed E-state index contributed by atoms with van der Waals surface area (Å²) in [7, 11) is 0. The second-order valence-electron chi connectivity index (χ2n) is 6.00. The molecule has 0 aromatic carbocycles. The minimum Gasteiger partial charge on any atom is -0.396 e. The third kappa shape index (κ3) is 1.41. The third-order valence-electron chi connectivity index (χ3n) is 4.79. The Morgan fingerprint density at radius 1 is 1.00 bits per heavy atom. The molecular formula is C13H21O. The van der Waals surface area contributed by atoms with Crippen LogP contribution in [-0.2, 0) is 0 Å². The van der Waals surface area contributed by atoms with E-state index in [0.717, 1.165) is 24.2 Å². The van der Waals surface area contributed by atoms with Crippen LogP contribution in [0.4, 0.5) is 0 Å². The van der Waals surface area contributed by atoms with Gasteiger partial charge in [-0.05, 0) is 74.5 Å². The van der Waals surface area contributed by atoms with Gasteiger partial charge in [-0.1, -0.05) is 0 Å². The fraction of sp³-hybridized carbons (Fsp3) is 0.923. The van der Waals surface area contributed by atoms with Crippen LogP contribution < -0.4 is 0 Å². The van der Waals surface area contributed by atoms with Crippen molar-refractivity contribution in [3.63, 3.8) is 0 Å². The molecule has 0 aromatic rings. The maximum Gasteiger partial charge on any atom is 0.0433 e. The first-order chi connectivity index (χ1) is 6.80. The molecule has 1 nitrogen and oxygen atoms in total. The van der Waals surface area contributed by atoms with E-state index in [-0.39, 0.29) is 0 Å². The summed E-state index contributed by atoms with van der Waals surface area (Å²) in [6.07, 6.45) is 12.3. The molecule has 0 unspecified atom stereocenters. The van der Waals surface area contributed by atoms with Crippen molar-refractivity contribution >= 4 is 0 Å². The largest absolute Gasteiger partial charge is 0.396 e. The van der Waals surface area contributed by atoms with Gasteiger partial charge in [-0.2, -0.15) is 0 Å². The van der Waals surface area contributed by atoms with Crippen molar-refractivity contribution in [1.82, 2.24) is 0 Å². The van der Waals surface area contributed by atoms with Gasteiger partial charge in [0.05, 0.1) is 0 Å². The van der Waals surface area contributed by atoms with Gasteiger partial charge in [-0.3, -0.25) is 0 Å². The van der Waals surface area contributed by atoms with Crippen molar-refractivity contribution in [1.29, 1.82) is 0 Å². The molecule has 0 aliphatic heterocycles. The van der Waals surface area contributed by atoms with E-state index in [1.165, 1.54) is 38.5 Å². The summed E-state index contributed by atoms with van der Waals surface area (Å²) in [6.45, 7) is 0.349. The topological polar surface area (TPSA) is 20.2 Å². The highest BCUT2D eigenvalue weighted by Gasteiger charge is 2.50. The highest BCUT2D eigenvalue weighted by Crippen LogP contribution is 2.61. The van der Waals surface area contributed by atoms with Crippen molar-refractivity contribution in [2.75, 3.05) is 6.61 Å². The summed E-state index contributed by atoms with van der Waals surface area (Å²) < 4.78 is 0. The lowest BCUT2D eigenvalue weighted by atomic mass is 9.48. The lowest BCUT2D eigenvalue weighted by molar-refractivity contribution is -0.0355. The Morgan fingerprint density at radius 2 is 1.50 bits per heavy atom. The van der Waals surface area contributed by atoms with E-state index < -0.39 is 0 Å². The molecule has 4 bridgehead atoms. The van der Waals surface area contributed by atoms with Gasteiger partial charge in [-0.15, -0.1) is 0 Å². The van der Waals surface area contributed by atoms with E-state index in [9.17, 15) is 0 Å².